The first-order valence-electron chi connectivity index (χ1n) is 3.77. The predicted octanol–water partition coefficient (Wildman–Crippen LogP) is 3.92. The van der Waals surface area contributed by atoms with Crippen LogP contribution >= 0.6 is 11.6 Å². The maximum Gasteiger partial charge on any atom is 0.388 e. The van der Waals surface area contributed by atoms with Crippen LogP contribution in [-0.2, 0) is 5.92 Å². The summed E-state index contributed by atoms with van der Waals surface area (Å²) in [4.78, 5) is 0. The van der Waals surface area contributed by atoms with Gasteiger partial charge in [0.2, 0.25) is 0 Å². The van der Waals surface area contributed by atoms with Crippen molar-refractivity contribution in [2.75, 3.05) is 0 Å². The molecule has 0 aliphatic heterocycles. The Hall–Kier alpha value is -0.770. The van der Waals surface area contributed by atoms with Gasteiger partial charge in [-0.3, -0.25) is 0 Å². The van der Waals surface area contributed by atoms with Crippen LogP contribution in [0.2, 0.25) is 0 Å². The van der Waals surface area contributed by atoms with Crippen molar-refractivity contribution in [3.63, 3.8) is 0 Å². The van der Waals surface area contributed by atoms with E-state index in [9.17, 15) is 17.6 Å². The molecule has 0 aliphatic rings. The Balaban J connectivity index is 3.16. The van der Waals surface area contributed by atoms with E-state index in [2.05, 4.69) is 11.6 Å². The first-order valence-corrected chi connectivity index (χ1v) is 4.14. The van der Waals surface area contributed by atoms with Crippen molar-refractivity contribution >= 4 is 11.6 Å². The number of halogens is 5. The van der Waals surface area contributed by atoms with Gasteiger partial charge >= 0.3 is 11.3 Å². The molecule has 1 rings (SSSR count). The molecule has 0 saturated heterocycles. The lowest BCUT2D eigenvalue weighted by atomic mass is 10.1. The largest absolute Gasteiger partial charge is 0.388 e. The van der Waals surface area contributed by atoms with Gasteiger partial charge in [0.05, 0.1) is 0 Å². The summed E-state index contributed by atoms with van der Waals surface area (Å²) in [5.41, 5.74) is -0.305. The molecule has 14 heavy (non-hydrogen) atoms. The van der Waals surface area contributed by atoms with Crippen LogP contribution in [0.5, 0.6) is 0 Å². The maximum absolute atomic E-state index is 13.0. The molecule has 0 atom stereocenters. The third kappa shape index (κ3) is 2.00. The van der Waals surface area contributed by atoms with Gasteiger partial charge in [-0.2, -0.15) is 17.6 Å². The fourth-order valence-corrected chi connectivity index (χ4v) is 1.11. The molecule has 78 valence electrons. The van der Waals surface area contributed by atoms with Gasteiger partial charge in [-0.1, -0.05) is 23.8 Å². The summed E-state index contributed by atoms with van der Waals surface area (Å²) in [5, 5.41) is -4.57. The zero-order chi connectivity index (χ0) is 11.0. The molecule has 0 amide bonds. The molecule has 5 heteroatoms. The van der Waals surface area contributed by atoms with Crippen LogP contribution in [0.1, 0.15) is 11.1 Å². The summed E-state index contributed by atoms with van der Waals surface area (Å²) in [7, 11) is 0. The Bertz CT molecular complexity index is 330. The lowest BCUT2D eigenvalue weighted by molar-refractivity contribution is -0.164. The van der Waals surface area contributed by atoms with Gasteiger partial charge in [-0.05, 0) is 24.6 Å². The van der Waals surface area contributed by atoms with Crippen LogP contribution in [0.3, 0.4) is 0 Å². The Morgan fingerprint density at radius 1 is 1.14 bits per heavy atom. The molecular weight excluding hydrogens is 220 g/mol. The SMILES string of the molecule is Cc1cccc(C(F)(F)C(F)(F)Cl)c1. The summed E-state index contributed by atoms with van der Waals surface area (Å²) in [6.07, 6.45) is 0. The van der Waals surface area contributed by atoms with Gasteiger partial charge < -0.3 is 0 Å². The van der Waals surface area contributed by atoms with E-state index in [0.29, 0.717) is 5.56 Å². The third-order valence-corrected chi connectivity index (χ3v) is 1.97. The number of benzene rings is 1. The van der Waals surface area contributed by atoms with Gasteiger partial charge in [0.25, 0.3) is 0 Å². The van der Waals surface area contributed by atoms with Crippen LogP contribution in [0.25, 0.3) is 0 Å². The highest BCUT2D eigenvalue weighted by molar-refractivity contribution is 6.22. The van der Waals surface area contributed by atoms with Crippen molar-refractivity contribution < 1.29 is 17.6 Å². The predicted molar refractivity (Wildman–Crippen MR) is 45.9 cm³/mol. The van der Waals surface area contributed by atoms with Crippen molar-refractivity contribution in [2.24, 2.45) is 0 Å². The van der Waals surface area contributed by atoms with Crippen LogP contribution in [0.4, 0.5) is 17.6 Å². The van der Waals surface area contributed by atoms with E-state index in [4.69, 9.17) is 0 Å². The van der Waals surface area contributed by atoms with E-state index < -0.39 is 16.9 Å². The lowest BCUT2D eigenvalue weighted by Gasteiger charge is -2.21. The highest BCUT2D eigenvalue weighted by Gasteiger charge is 2.56. The number of alkyl halides is 5. The Morgan fingerprint density at radius 3 is 2.14 bits per heavy atom. The van der Waals surface area contributed by atoms with E-state index >= 15 is 0 Å². The first-order chi connectivity index (χ1) is 6.25. The Labute approximate surface area is 83.5 Å². The Morgan fingerprint density at radius 2 is 1.71 bits per heavy atom. The van der Waals surface area contributed by atoms with Gasteiger partial charge in [-0.25, -0.2) is 0 Å². The summed E-state index contributed by atoms with van der Waals surface area (Å²) >= 11 is 4.33. The number of hydrogen-bond donors (Lipinski definition) is 0. The van der Waals surface area contributed by atoms with Gasteiger partial charge in [0.1, 0.15) is 0 Å². The summed E-state index contributed by atoms with van der Waals surface area (Å²) < 4.78 is 50.6. The number of hydrogen-bond acceptors (Lipinski definition) is 0. The fourth-order valence-electron chi connectivity index (χ4n) is 1.00. The van der Waals surface area contributed by atoms with Gasteiger partial charge in [-0.15, -0.1) is 0 Å². The molecule has 0 fully saturated rings. The van der Waals surface area contributed by atoms with E-state index in [1.165, 1.54) is 19.1 Å². The highest BCUT2D eigenvalue weighted by Crippen LogP contribution is 2.45. The second kappa shape index (κ2) is 3.42. The number of aryl methyl sites for hydroxylation is 1. The molecule has 0 saturated carbocycles. The Kier molecular flexibility index (Phi) is 2.76. The van der Waals surface area contributed by atoms with Crippen LogP contribution in [-0.4, -0.2) is 5.38 Å². The molecule has 0 bridgehead atoms. The van der Waals surface area contributed by atoms with E-state index in [-0.39, 0.29) is 0 Å². The summed E-state index contributed by atoms with van der Waals surface area (Å²) in [5.74, 6) is -4.35. The summed E-state index contributed by atoms with van der Waals surface area (Å²) in [6.45, 7) is 1.53. The minimum atomic E-state index is -4.57. The monoisotopic (exact) mass is 226 g/mol. The standard InChI is InChI=1S/C9H7ClF4/c1-6-3-2-4-7(5-6)8(11,12)9(10,13)14/h2-5H,1H3. The second-order valence-corrected chi connectivity index (χ2v) is 3.42. The first kappa shape index (κ1) is 11.3. The molecular formula is C9H7ClF4. The zero-order valence-electron chi connectivity index (χ0n) is 7.20. The molecule has 1 aromatic carbocycles. The van der Waals surface area contributed by atoms with Crippen molar-refractivity contribution in [3.8, 4) is 0 Å². The van der Waals surface area contributed by atoms with Crippen molar-refractivity contribution in [3.05, 3.63) is 35.4 Å². The van der Waals surface area contributed by atoms with E-state index in [1.807, 2.05) is 0 Å². The quantitative estimate of drug-likeness (QED) is 0.530. The molecule has 0 radical (unpaired) electrons. The summed E-state index contributed by atoms with van der Waals surface area (Å²) in [6, 6.07) is 4.72. The van der Waals surface area contributed by atoms with Crippen molar-refractivity contribution in [1.82, 2.24) is 0 Å². The molecule has 0 spiro atoms. The molecule has 0 N–H and O–H groups in total. The normalized spacial score (nSPS) is 13.0. The molecule has 0 aromatic heterocycles. The van der Waals surface area contributed by atoms with Crippen molar-refractivity contribution in [1.29, 1.82) is 0 Å². The molecule has 0 unspecified atom stereocenters. The van der Waals surface area contributed by atoms with Gasteiger partial charge in [0.15, 0.2) is 0 Å². The minimum absolute atomic E-state index is 0.475. The molecule has 0 heterocycles. The number of rotatable bonds is 2. The average molecular weight is 227 g/mol. The second-order valence-electron chi connectivity index (χ2n) is 2.94. The van der Waals surface area contributed by atoms with Crippen LogP contribution in [0.15, 0.2) is 24.3 Å². The van der Waals surface area contributed by atoms with Gasteiger partial charge in [0, 0.05) is 5.56 Å². The zero-order valence-corrected chi connectivity index (χ0v) is 7.96. The van der Waals surface area contributed by atoms with E-state index in [0.717, 1.165) is 12.1 Å². The van der Waals surface area contributed by atoms with Crippen LogP contribution < -0.4 is 0 Å². The average Bonchev–Trinajstić information content (AvgIpc) is 2.02. The fraction of sp³-hybridized carbons (Fsp3) is 0.333. The maximum atomic E-state index is 13.0. The lowest BCUT2D eigenvalue weighted by Crippen LogP contribution is -2.32. The molecule has 0 aliphatic carbocycles. The minimum Gasteiger partial charge on any atom is -0.193 e. The topological polar surface area (TPSA) is 0 Å². The van der Waals surface area contributed by atoms with Crippen LogP contribution in [0, 0.1) is 6.92 Å². The molecule has 0 nitrogen and oxygen atoms in total. The molecule has 1 aromatic rings. The highest BCUT2D eigenvalue weighted by atomic mass is 35.5. The smallest absolute Gasteiger partial charge is 0.193 e. The third-order valence-electron chi connectivity index (χ3n) is 1.74. The van der Waals surface area contributed by atoms with Crippen molar-refractivity contribution in [2.45, 2.75) is 18.2 Å². The van der Waals surface area contributed by atoms with E-state index in [1.54, 1.807) is 0 Å².